The van der Waals surface area contributed by atoms with E-state index in [-0.39, 0.29) is 12.6 Å². The van der Waals surface area contributed by atoms with Gasteiger partial charge < -0.3 is 30.3 Å². The molecule has 0 bridgehead atoms. The molecule has 3 rings (SSSR count). The largest absolute Gasteiger partial charge is 0.460 e. The molecule has 8 nitrogen and oxygen atoms in total. The fraction of sp³-hybridized carbons (Fsp3) is 0.292. The van der Waals surface area contributed by atoms with Crippen LogP contribution in [0.25, 0.3) is 0 Å². The normalized spacial score (nSPS) is 15.7. The molecule has 1 aliphatic rings. The Morgan fingerprint density at radius 1 is 1.06 bits per heavy atom. The number of benzene rings is 2. The van der Waals surface area contributed by atoms with Crippen LogP contribution in [-0.4, -0.2) is 49.4 Å². The number of allylic oxidation sites excluding steroid dienone is 1. The number of rotatable bonds is 7. The first-order chi connectivity index (χ1) is 15.8. The van der Waals surface area contributed by atoms with Gasteiger partial charge >= 0.3 is 12.0 Å². The van der Waals surface area contributed by atoms with E-state index in [2.05, 4.69) is 16.0 Å². The van der Waals surface area contributed by atoms with Gasteiger partial charge in [-0.05, 0) is 55.9 Å². The molecule has 0 spiro atoms. The molecule has 0 saturated carbocycles. The number of carbonyl (C=O) groups is 2. The molecule has 2 amide bonds. The molecule has 33 heavy (non-hydrogen) atoms. The number of hydrogen-bond donors (Lipinski definition) is 3. The van der Waals surface area contributed by atoms with Crippen molar-refractivity contribution < 1.29 is 19.1 Å². The van der Waals surface area contributed by atoms with Crippen molar-refractivity contribution in [2.75, 3.05) is 38.0 Å². The van der Waals surface area contributed by atoms with Crippen LogP contribution in [0.5, 0.6) is 0 Å². The third-order valence-electron chi connectivity index (χ3n) is 5.28. The van der Waals surface area contributed by atoms with Gasteiger partial charge in [-0.25, -0.2) is 9.59 Å². The van der Waals surface area contributed by atoms with Gasteiger partial charge in [0.05, 0.1) is 18.2 Å². The topological polar surface area (TPSA) is 91.9 Å². The average Bonchev–Trinajstić information content (AvgIpc) is 2.79. The molecular weight excluding hydrogens is 440 g/mol. The lowest BCUT2D eigenvalue weighted by Gasteiger charge is -2.35. The summed E-state index contributed by atoms with van der Waals surface area (Å²) in [6, 6.07) is 13.9. The van der Waals surface area contributed by atoms with Crippen molar-refractivity contribution in [3.05, 3.63) is 70.9 Å². The first kappa shape index (κ1) is 24.2. The smallest absolute Gasteiger partial charge is 0.338 e. The molecule has 0 aromatic heterocycles. The molecule has 2 aromatic carbocycles. The van der Waals surface area contributed by atoms with E-state index in [4.69, 9.17) is 21.7 Å². The Hall–Kier alpha value is -3.43. The van der Waals surface area contributed by atoms with E-state index in [0.717, 1.165) is 11.1 Å². The number of carbonyl (C=O) groups excluding carboxylic acids is 2. The monoisotopic (exact) mass is 468 g/mol. The molecule has 174 valence electrons. The average molecular weight is 469 g/mol. The number of nitrogens with zero attached hydrogens (tertiary/aromatic N) is 1. The Morgan fingerprint density at radius 3 is 2.45 bits per heavy atom. The quantitative estimate of drug-likeness (QED) is 0.322. The summed E-state index contributed by atoms with van der Waals surface area (Å²) in [6.45, 7) is 4.26. The zero-order valence-corrected chi connectivity index (χ0v) is 19.9. The third kappa shape index (κ3) is 6.09. The maximum Gasteiger partial charge on any atom is 0.338 e. The van der Waals surface area contributed by atoms with Gasteiger partial charge in [-0.2, -0.15) is 0 Å². The summed E-state index contributed by atoms with van der Waals surface area (Å²) in [5.74, 6) is -0.452. The Balaban J connectivity index is 1.81. The molecule has 1 unspecified atom stereocenters. The van der Waals surface area contributed by atoms with E-state index in [1.165, 1.54) is 0 Å². The van der Waals surface area contributed by atoms with E-state index in [9.17, 15) is 9.59 Å². The Kier molecular flexibility index (Phi) is 8.02. The van der Waals surface area contributed by atoms with E-state index in [1.807, 2.05) is 50.2 Å². The highest BCUT2D eigenvalue weighted by Gasteiger charge is 2.33. The number of aryl methyl sites for hydroxylation is 1. The Bertz CT molecular complexity index is 1070. The highest BCUT2D eigenvalue weighted by molar-refractivity contribution is 7.80. The van der Waals surface area contributed by atoms with Crippen molar-refractivity contribution >= 4 is 40.7 Å². The summed E-state index contributed by atoms with van der Waals surface area (Å²) >= 11 is 5.44. The van der Waals surface area contributed by atoms with Crippen LogP contribution in [0.3, 0.4) is 0 Å². The minimum atomic E-state index is -0.523. The number of anilines is 2. The van der Waals surface area contributed by atoms with Crippen LogP contribution in [0.4, 0.5) is 16.2 Å². The van der Waals surface area contributed by atoms with E-state index in [0.29, 0.717) is 34.4 Å². The molecule has 1 atom stereocenters. The molecule has 1 aliphatic heterocycles. The Labute approximate surface area is 198 Å². The number of amides is 2. The maximum atomic E-state index is 12.9. The van der Waals surface area contributed by atoms with Crippen LogP contribution in [0.15, 0.2) is 59.8 Å². The summed E-state index contributed by atoms with van der Waals surface area (Å²) in [5, 5.41) is 9.32. The fourth-order valence-corrected chi connectivity index (χ4v) is 3.63. The summed E-state index contributed by atoms with van der Waals surface area (Å²) in [7, 11) is 3.33. The number of nitrogens with one attached hydrogen (secondary N) is 3. The minimum absolute atomic E-state index is 0.147. The molecule has 0 saturated heterocycles. The van der Waals surface area contributed by atoms with Crippen molar-refractivity contribution in [2.24, 2.45) is 0 Å². The first-order valence-electron chi connectivity index (χ1n) is 10.5. The highest BCUT2D eigenvalue weighted by Crippen LogP contribution is 2.32. The van der Waals surface area contributed by atoms with Gasteiger partial charge in [0.25, 0.3) is 0 Å². The molecule has 3 N–H and O–H groups in total. The zero-order valence-electron chi connectivity index (χ0n) is 19.1. The van der Waals surface area contributed by atoms with Crippen molar-refractivity contribution in [1.82, 2.24) is 10.2 Å². The lowest BCUT2D eigenvalue weighted by atomic mass is 9.95. The second-order valence-corrected chi connectivity index (χ2v) is 8.03. The van der Waals surface area contributed by atoms with Gasteiger partial charge in [0.2, 0.25) is 0 Å². The van der Waals surface area contributed by atoms with Gasteiger partial charge in [-0.3, -0.25) is 0 Å². The predicted octanol–water partition coefficient (Wildman–Crippen LogP) is 3.96. The SMILES string of the molecule is COCCOC(=O)C1=C(C)N(C)C(=S)NC1c1cccc(NC(=O)Nc2ccc(C)cc2)c1. The van der Waals surface area contributed by atoms with E-state index >= 15 is 0 Å². The summed E-state index contributed by atoms with van der Waals surface area (Å²) in [5.41, 5.74) is 4.28. The van der Waals surface area contributed by atoms with Crippen molar-refractivity contribution in [1.29, 1.82) is 0 Å². The molecule has 2 aromatic rings. The van der Waals surface area contributed by atoms with Gasteiger partial charge in [0.1, 0.15) is 6.61 Å². The maximum absolute atomic E-state index is 12.9. The second kappa shape index (κ2) is 10.9. The number of urea groups is 1. The van der Waals surface area contributed by atoms with Crippen LogP contribution in [0.2, 0.25) is 0 Å². The number of esters is 1. The number of hydrogen-bond acceptors (Lipinski definition) is 5. The fourth-order valence-electron chi connectivity index (χ4n) is 3.37. The zero-order chi connectivity index (χ0) is 24.0. The summed E-state index contributed by atoms with van der Waals surface area (Å²) < 4.78 is 10.4. The lowest BCUT2D eigenvalue weighted by Crippen LogP contribution is -2.46. The van der Waals surface area contributed by atoms with E-state index in [1.54, 1.807) is 31.2 Å². The molecule has 9 heteroatoms. The molecular formula is C24H28N4O4S. The second-order valence-electron chi connectivity index (χ2n) is 7.64. The van der Waals surface area contributed by atoms with Gasteiger partial charge in [0, 0.05) is 31.2 Å². The molecule has 0 fully saturated rings. The number of thiocarbonyl (C=S) groups is 1. The number of methoxy groups -OCH3 is 1. The molecule has 1 heterocycles. The summed E-state index contributed by atoms with van der Waals surface area (Å²) in [6.07, 6.45) is 0. The van der Waals surface area contributed by atoms with Crippen LogP contribution in [0, 0.1) is 6.92 Å². The standard InChI is InChI=1S/C24H28N4O4S/c1-15-8-10-18(11-9-15)25-23(30)26-19-7-5-6-17(14-19)21-20(22(29)32-13-12-31-4)16(2)28(3)24(33)27-21/h5-11,14,21H,12-13H2,1-4H3,(H,27,33)(H2,25,26,30). The van der Waals surface area contributed by atoms with Gasteiger partial charge in [-0.15, -0.1) is 0 Å². The van der Waals surface area contributed by atoms with Gasteiger partial charge in [-0.1, -0.05) is 29.8 Å². The van der Waals surface area contributed by atoms with Crippen molar-refractivity contribution in [2.45, 2.75) is 19.9 Å². The van der Waals surface area contributed by atoms with Crippen LogP contribution < -0.4 is 16.0 Å². The van der Waals surface area contributed by atoms with Gasteiger partial charge in [0.15, 0.2) is 5.11 Å². The Morgan fingerprint density at radius 2 is 1.76 bits per heavy atom. The van der Waals surface area contributed by atoms with Crippen molar-refractivity contribution in [3.63, 3.8) is 0 Å². The highest BCUT2D eigenvalue weighted by atomic mass is 32.1. The molecule has 0 aliphatic carbocycles. The third-order valence-corrected chi connectivity index (χ3v) is 5.67. The van der Waals surface area contributed by atoms with Crippen LogP contribution in [0.1, 0.15) is 24.1 Å². The van der Waals surface area contributed by atoms with Crippen molar-refractivity contribution in [3.8, 4) is 0 Å². The number of ether oxygens (including phenoxy) is 2. The lowest BCUT2D eigenvalue weighted by molar-refractivity contribution is -0.140. The minimum Gasteiger partial charge on any atom is -0.460 e. The molecule has 0 radical (unpaired) electrons. The van der Waals surface area contributed by atoms with Crippen LogP contribution in [-0.2, 0) is 14.3 Å². The first-order valence-corrected chi connectivity index (χ1v) is 10.9. The predicted molar refractivity (Wildman–Crippen MR) is 132 cm³/mol. The summed E-state index contributed by atoms with van der Waals surface area (Å²) in [4.78, 5) is 27.1. The van der Waals surface area contributed by atoms with E-state index < -0.39 is 12.0 Å². The van der Waals surface area contributed by atoms with Crippen LogP contribution >= 0.6 is 12.2 Å².